The van der Waals surface area contributed by atoms with Crippen molar-refractivity contribution in [3.63, 3.8) is 0 Å². The smallest absolute Gasteiger partial charge is 0.319 e. The van der Waals surface area contributed by atoms with Crippen LogP contribution in [0.5, 0.6) is 0 Å². The first kappa shape index (κ1) is 18.1. The Balaban J connectivity index is 1.69. The summed E-state index contributed by atoms with van der Waals surface area (Å²) in [7, 11) is 1.65. The molecule has 1 aromatic carbocycles. The Morgan fingerprint density at radius 2 is 2.04 bits per heavy atom. The number of halogens is 1. The first-order valence-corrected chi connectivity index (χ1v) is 8.52. The van der Waals surface area contributed by atoms with E-state index in [0.29, 0.717) is 5.69 Å². The number of nitrogens with one attached hydrogen (secondary N) is 3. The zero-order chi connectivity index (χ0) is 18.7. The Hall–Kier alpha value is -2.67. The first-order valence-electron chi connectivity index (χ1n) is 8.52. The predicted octanol–water partition coefficient (Wildman–Crippen LogP) is 2.35. The molecule has 1 aliphatic carbocycles. The largest absolute Gasteiger partial charge is 0.377 e. The lowest BCUT2D eigenvalue weighted by Crippen LogP contribution is -2.46. The lowest BCUT2D eigenvalue weighted by Gasteiger charge is -2.25. The van der Waals surface area contributed by atoms with Crippen molar-refractivity contribution in [2.45, 2.75) is 31.5 Å². The number of benzene rings is 1. The number of urea groups is 1. The zero-order valence-electron chi connectivity index (χ0n) is 14.7. The van der Waals surface area contributed by atoms with Gasteiger partial charge in [-0.05, 0) is 43.2 Å². The van der Waals surface area contributed by atoms with Crippen LogP contribution in [0.25, 0.3) is 0 Å². The topological polar surface area (TPSA) is 79.5 Å². The zero-order valence-corrected chi connectivity index (χ0v) is 14.7. The van der Waals surface area contributed by atoms with Crippen LogP contribution in [0, 0.1) is 11.7 Å². The van der Waals surface area contributed by atoms with E-state index in [1.165, 1.54) is 24.3 Å². The molecule has 1 fully saturated rings. The van der Waals surface area contributed by atoms with Crippen LogP contribution in [0.1, 0.15) is 13.3 Å². The van der Waals surface area contributed by atoms with Crippen LogP contribution in [-0.2, 0) is 9.53 Å². The van der Waals surface area contributed by atoms with E-state index in [1.54, 1.807) is 7.11 Å². The van der Waals surface area contributed by atoms with Crippen molar-refractivity contribution in [3.8, 4) is 0 Å². The first-order chi connectivity index (χ1) is 12.5. The van der Waals surface area contributed by atoms with Crippen LogP contribution in [0.4, 0.5) is 14.9 Å². The van der Waals surface area contributed by atoms with Gasteiger partial charge >= 0.3 is 6.03 Å². The summed E-state index contributed by atoms with van der Waals surface area (Å²) in [6.45, 7) is 1.92. The van der Waals surface area contributed by atoms with E-state index in [-0.39, 0.29) is 29.8 Å². The molecule has 3 rings (SSSR count). The third-order valence-corrected chi connectivity index (χ3v) is 4.72. The van der Waals surface area contributed by atoms with Gasteiger partial charge < -0.3 is 20.7 Å². The van der Waals surface area contributed by atoms with Gasteiger partial charge in [-0.3, -0.25) is 4.79 Å². The number of anilines is 1. The van der Waals surface area contributed by atoms with Crippen LogP contribution in [0.15, 0.2) is 48.1 Å². The molecule has 0 bridgehead atoms. The lowest BCUT2D eigenvalue weighted by molar-refractivity contribution is -0.121. The Morgan fingerprint density at radius 1 is 1.31 bits per heavy atom. The van der Waals surface area contributed by atoms with E-state index >= 15 is 0 Å². The van der Waals surface area contributed by atoms with Crippen LogP contribution < -0.4 is 16.0 Å². The highest BCUT2D eigenvalue weighted by Gasteiger charge is 2.42. The van der Waals surface area contributed by atoms with Crippen molar-refractivity contribution in [3.05, 3.63) is 53.9 Å². The molecule has 1 unspecified atom stereocenters. The molecule has 1 aromatic rings. The number of carbonyl (C=O) groups excluding carboxylic acids is 2. The predicted molar refractivity (Wildman–Crippen MR) is 96.1 cm³/mol. The van der Waals surface area contributed by atoms with Gasteiger partial charge in [-0.15, -0.1) is 0 Å². The summed E-state index contributed by atoms with van der Waals surface area (Å²) in [4.78, 5) is 24.6. The van der Waals surface area contributed by atoms with Gasteiger partial charge in [0.25, 0.3) is 0 Å². The Bertz CT molecular complexity index is 745. The Kier molecular flexibility index (Phi) is 5.37. The average molecular weight is 359 g/mol. The van der Waals surface area contributed by atoms with Crippen molar-refractivity contribution < 1.29 is 18.7 Å². The van der Waals surface area contributed by atoms with Crippen LogP contribution in [0.3, 0.4) is 0 Å². The molecular formula is C19H22FN3O3. The van der Waals surface area contributed by atoms with Crippen molar-refractivity contribution in [2.24, 2.45) is 5.92 Å². The number of hydrogen-bond acceptors (Lipinski definition) is 3. The maximum Gasteiger partial charge on any atom is 0.319 e. The molecule has 138 valence electrons. The molecule has 3 N–H and O–H groups in total. The maximum absolute atomic E-state index is 13.0. The molecule has 6 nitrogen and oxygen atoms in total. The fourth-order valence-corrected chi connectivity index (χ4v) is 3.37. The van der Waals surface area contributed by atoms with Gasteiger partial charge in [0.15, 0.2) is 0 Å². The minimum absolute atomic E-state index is 0.0345. The lowest BCUT2D eigenvalue weighted by atomic mass is 9.85. The van der Waals surface area contributed by atoms with Gasteiger partial charge in [0.1, 0.15) is 11.9 Å². The van der Waals surface area contributed by atoms with Crippen LogP contribution in [-0.4, -0.2) is 37.2 Å². The summed E-state index contributed by atoms with van der Waals surface area (Å²) >= 11 is 0. The highest BCUT2D eigenvalue weighted by atomic mass is 19.1. The summed E-state index contributed by atoms with van der Waals surface area (Å²) in [6.07, 6.45) is 6.72. The summed E-state index contributed by atoms with van der Waals surface area (Å²) < 4.78 is 18.2. The second kappa shape index (κ2) is 7.70. The van der Waals surface area contributed by atoms with E-state index in [9.17, 15) is 14.0 Å². The fourth-order valence-electron chi connectivity index (χ4n) is 3.37. The number of amides is 3. The number of methoxy groups -OCH3 is 1. The van der Waals surface area contributed by atoms with E-state index in [2.05, 4.69) is 16.0 Å². The van der Waals surface area contributed by atoms with Crippen LogP contribution >= 0.6 is 0 Å². The van der Waals surface area contributed by atoms with Gasteiger partial charge in [0.05, 0.1) is 6.10 Å². The maximum atomic E-state index is 13.0. The molecule has 3 amide bonds. The number of allylic oxidation sites excluding steroid dienone is 1. The van der Waals surface area contributed by atoms with Crippen molar-refractivity contribution >= 4 is 17.6 Å². The third-order valence-electron chi connectivity index (χ3n) is 4.72. The molecule has 26 heavy (non-hydrogen) atoms. The van der Waals surface area contributed by atoms with Gasteiger partial charge in [-0.1, -0.05) is 18.2 Å². The van der Waals surface area contributed by atoms with Gasteiger partial charge in [-0.2, -0.15) is 0 Å². The molecule has 1 heterocycles. The third kappa shape index (κ3) is 3.94. The summed E-state index contributed by atoms with van der Waals surface area (Å²) in [5, 5.41) is 8.23. The number of rotatable bonds is 4. The van der Waals surface area contributed by atoms with Crippen molar-refractivity contribution in [1.29, 1.82) is 0 Å². The molecule has 1 saturated heterocycles. The average Bonchev–Trinajstić information content (AvgIpc) is 2.90. The fraction of sp³-hybridized carbons (Fsp3) is 0.368. The van der Waals surface area contributed by atoms with E-state index in [1.807, 2.05) is 25.2 Å². The second-order valence-electron chi connectivity index (χ2n) is 6.48. The highest BCUT2D eigenvalue weighted by Crippen LogP contribution is 2.29. The quantitative estimate of drug-likeness (QED) is 0.772. The molecule has 4 atom stereocenters. The summed E-state index contributed by atoms with van der Waals surface area (Å²) in [5.74, 6) is -0.777. The monoisotopic (exact) mass is 359 g/mol. The Morgan fingerprint density at radius 3 is 2.65 bits per heavy atom. The molecule has 0 saturated carbocycles. The summed E-state index contributed by atoms with van der Waals surface area (Å²) in [6, 6.07) is 4.14. The van der Waals surface area contributed by atoms with E-state index in [4.69, 9.17) is 4.74 Å². The van der Waals surface area contributed by atoms with Crippen molar-refractivity contribution in [1.82, 2.24) is 10.6 Å². The van der Waals surface area contributed by atoms with Gasteiger partial charge in [0, 0.05) is 24.8 Å². The van der Waals surface area contributed by atoms with Gasteiger partial charge in [-0.25, -0.2) is 9.18 Å². The molecule has 2 aliphatic rings. The number of carbonyl (C=O) groups is 2. The number of hydrogen-bond donors (Lipinski definition) is 3. The molecule has 0 spiro atoms. The molecule has 7 heteroatoms. The second-order valence-corrected chi connectivity index (χ2v) is 6.48. The Labute approximate surface area is 151 Å². The minimum Gasteiger partial charge on any atom is -0.377 e. The SMILES string of the molecule is COC1C=CC([C@H]2[C@H](C)NC(=O)[C@@H]2NC(=O)Nc2ccc(F)cc2)=CC1. The highest BCUT2D eigenvalue weighted by molar-refractivity contribution is 5.95. The van der Waals surface area contributed by atoms with Gasteiger partial charge in [0.2, 0.25) is 5.91 Å². The molecular weight excluding hydrogens is 337 g/mol. The minimum atomic E-state index is -0.680. The van der Waals surface area contributed by atoms with Crippen molar-refractivity contribution in [2.75, 3.05) is 12.4 Å². The normalized spacial score (nSPS) is 27.7. The van der Waals surface area contributed by atoms with E-state index in [0.717, 1.165) is 12.0 Å². The van der Waals surface area contributed by atoms with Crippen LogP contribution in [0.2, 0.25) is 0 Å². The number of ether oxygens (including phenoxy) is 1. The molecule has 0 radical (unpaired) electrons. The molecule has 0 aromatic heterocycles. The van der Waals surface area contributed by atoms with E-state index < -0.39 is 12.1 Å². The standard InChI is InChI=1S/C19H22FN3O3/c1-11-16(12-3-9-15(26-2)10-4-12)17(18(24)21-11)23-19(25)22-14-7-5-13(20)6-8-14/h3-9,11,15-17H,10H2,1-2H3,(H,21,24)(H2,22,23,25)/t11-,15?,16+,17+/m0/s1. The molecule has 1 aliphatic heterocycles. The summed E-state index contributed by atoms with van der Waals surface area (Å²) in [5.41, 5.74) is 1.45.